The van der Waals surface area contributed by atoms with Crippen LogP contribution in [0.1, 0.15) is 42.2 Å². The lowest BCUT2D eigenvalue weighted by molar-refractivity contribution is 0.0990. The Labute approximate surface area is 186 Å². The Balaban J connectivity index is 1.39. The van der Waals surface area contributed by atoms with Crippen molar-refractivity contribution in [2.45, 2.75) is 45.3 Å². The molecule has 2 N–H and O–H groups in total. The van der Waals surface area contributed by atoms with Crippen molar-refractivity contribution in [3.05, 3.63) is 53.7 Å². The van der Waals surface area contributed by atoms with Crippen LogP contribution in [-0.4, -0.2) is 47.1 Å². The molecule has 1 saturated heterocycles. The molecule has 1 saturated carbocycles. The molecule has 32 heavy (non-hydrogen) atoms. The summed E-state index contributed by atoms with van der Waals surface area (Å²) in [7, 11) is 0. The van der Waals surface area contributed by atoms with Gasteiger partial charge in [-0.05, 0) is 51.3 Å². The molecule has 3 aromatic rings. The van der Waals surface area contributed by atoms with E-state index in [0.717, 1.165) is 50.3 Å². The van der Waals surface area contributed by atoms with E-state index >= 15 is 0 Å². The summed E-state index contributed by atoms with van der Waals surface area (Å²) in [5.74, 6) is -0.379. The van der Waals surface area contributed by atoms with E-state index in [0.29, 0.717) is 23.0 Å². The number of hydrogen-bond donors (Lipinski definition) is 2. The summed E-state index contributed by atoms with van der Waals surface area (Å²) >= 11 is 0. The van der Waals surface area contributed by atoms with Crippen LogP contribution in [-0.2, 0) is 0 Å². The van der Waals surface area contributed by atoms with E-state index in [-0.39, 0.29) is 11.8 Å². The van der Waals surface area contributed by atoms with Crippen molar-refractivity contribution >= 4 is 22.9 Å². The molecule has 0 spiro atoms. The molecule has 168 valence electrons. The quantitative estimate of drug-likeness (QED) is 0.636. The molecule has 2 aromatic heterocycles. The van der Waals surface area contributed by atoms with Crippen LogP contribution in [0.25, 0.3) is 5.65 Å². The van der Waals surface area contributed by atoms with E-state index in [4.69, 9.17) is 4.74 Å². The molecule has 1 aliphatic heterocycles. The number of halogens is 1. The molecule has 7 nitrogen and oxygen atoms in total. The number of pyridine rings is 1. The van der Waals surface area contributed by atoms with Crippen molar-refractivity contribution in [2.24, 2.45) is 0 Å². The highest BCUT2D eigenvalue weighted by atomic mass is 19.1. The molecule has 0 bridgehead atoms. The van der Waals surface area contributed by atoms with Crippen LogP contribution in [0.3, 0.4) is 0 Å². The fourth-order valence-electron chi connectivity index (χ4n) is 4.24. The predicted molar refractivity (Wildman–Crippen MR) is 122 cm³/mol. The van der Waals surface area contributed by atoms with Crippen LogP contribution in [0.5, 0.6) is 5.75 Å². The lowest BCUT2D eigenvalue weighted by Crippen LogP contribution is -2.49. The summed E-state index contributed by atoms with van der Waals surface area (Å²) < 4.78 is 22.8. The van der Waals surface area contributed by atoms with Crippen LogP contribution >= 0.6 is 0 Å². The normalized spacial score (nSPS) is 19.1. The van der Waals surface area contributed by atoms with E-state index in [1.54, 1.807) is 22.7 Å². The SMILES string of the molecule is Cc1cn2cc(C(=O)Nc3ccc(N4CCN[C@@H](C)C4)cc3F)c(OC3CCC3)cc2n1. The molecule has 2 aliphatic rings. The number of aromatic nitrogens is 2. The van der Waals surface area contributed by atoms with Crippen LogP contribution in [0.2, 0.25) is 0 Å². The van der Waals surface area contributed by atoms with Crippen molar-refractivity contribution < 1.29 is 13.9 Å². The molecule has 8 heteroatoms. The summed E-state index contributed by atoms with van der Waals surface area (Å²) in [5.41, 5.74) is 2.90. The average molecular weight is 438 g/mol. The number of rotatable bonds is 5. The molecule has 1 aromatic carbocycles. The zero-order chi connectivity index (χ0) is 22.2. The number of carbonyl (C=O) groups is 1. The van der Waals surface area contributed by atoms with Gasteiger partial charge in [-0.2, -0.15) is 0 Å². The smallest absolute Gasteiger partial charge is 0.261 e. The summed E-state index contributed by atoms with van der Waals surface area (Å²) in [6.07, 6.45) is 6.73. The minimum atomic E-state index is -0.456. The Morgan fingerprint density at radius 3 is 2.84 bits per heavy atom. The molecule has 2 fully saturated rings. The number of ether oxygens (including phenoxy) is 1. The van der Waals surface area contributed by atoms with Crippen molar-refractivity contribution in [3.8, 4) is 5.75 Å². The van der Waals surface area contributed by atoms with Gasteiger partial charge in [0.2, 0.25) is 0 Å². The molecule has 1 aliphatic carbocycles. The van der Waals surface area contributed by atoms with Gasteiger partial charge in [0.15, 0.2) is 0 Å². The first-order valence-corrected chi connectivity index (χ1v) is 11.2. The number of anilines is 2. The fraction of sp³-hybridized carbons (Fsp3) is 0.417. The van der Waals surface area contributed by atoms with Crippen LogP contribution < -0.4 is 20.3 Å². The Kier molecular flexibility index (Phi) is 5.46. The second kappa shape index (κ2) is 8.43. The third-order valence-electron chi connectivity index (χ3n) is 6.20. The maximum atomic E-state index is 14.9. The first-order valence-electron chi connectivity index (χ1n) is 11.2. The Morgan fingerprint density at radius 1 is 1.28 bits per heavy atom. The molecule has 0 unspecified atom stereocenters. The topological polar surface area (TPSA) is 70.9 Å². The number of nitrogens with zero attached hydrogens (tertiary/aromatic N) is 3. The van der Waals surface area contributed by atoms with Gasteiger partial charge in [-0.25, -0.2) is 9.37 Å². The highest BCUT2D eigenvalue weighted by Gasteiger charge is 2.24. The molecular formula is C24H28FN5O2. The minimum absolute atomic E-state index is 0.109. The fourth-order valence-corrected chi connectivity index (χ4v) is 4.24. The van der Waals surface area contributed by atoms with Gasteiger partial charge >= 0.3 is 0 Å². The van der Waals surface area contributed by atoms with Crippen LogP contribution in [0, 0.1) is 12.7 Å². The average Bonchev–Trinajstić information content (AvgIpc) is 3.10. The van der Waals surface area contributed by atoms with Crippen molar-refractivity contribution in [3.63, 3.8) is 0 Å². The van der Waals surface area contributed by atoms with Crippen molar-refractivity contribution in [2.75, 3.05) is 29.9 Å². The lowest BCUT2D eigenvalue weighted by atomic mass is 9.96. The highest BCUT2D eigenvalue weighted by Crippen LogP contribution is 2.30. The van der Waals surface area contributed by atoms with E-state index < -0.39 is 11.7 Å². The van der Waals surface area contributed by atoms with Gasteiger partial charge in [0.25, 0.3) is 5.91 Å². The van der Waals surface area contributed by atoms with Crippen LogP contribution in [0.15, 0.2) is 36.7 Å². The van der Waals surface area contributed by atoms with E-state index in [2.05, 4.69) is 27.4 Å². The third-order valence-corrected chi connectivity index (χ3v) is 6.20. The number of fused-ring (bicyclic) bond motifs is 1. The molecule has 5 rings (SSSR count). The number of hydrogen-bond acceptors (Lipinski definition) is 5. The maximum Gasteiger partial charge on any atom is 0.261 e. The van der Waals surface area contributed by atoms with Crippen LogP contribution in [0.4, 0.5) is 15.8 Å². The van der Waals surface area contributed by atoms with Crippen molar-refractivity contribution in [1.29, 1.82) is 0 Å². The van der Waals surface area contributed by atoms with Crippen molar-refractivity contribution in [1.82, 2.24) is 14.7 Å². The van der Waals surface area contributed by atoms with Gasteiger partial charge in [-0.3, -0.25) is 4.79 Å². The number of carbonyl (C=O) groups excluding carboxylic acids is 1. The van der Waals surface area contributed by atoms with E-state index in [1.165, 1.54) is 6.07 Å². The highest BCUT2D eigenvalue weighted by molar-refractivity contribution is 6.06. The lowest BCUT2D eigenvalue weighted by Gasteiger charge is -2.33. The summed E-state index contributed by atoms with van der Waals surface area (Å²) in [4.78, 5) is 19.8. The zero-order valence-corrected chi connectivity index (χ0v) is 18.4. The van der Waals surface area contributed by atoms with Gasteiger partial charge in [-0.15, -0.1) is 0 Å². The van der Waals surface area contributed by atoms with Gasteiger partial charge in [0.1, 0.15) is 17.2 Å². The molecular weight excluding hydrogens is 409 g/mol. The van der Waals surface area contributed by atoms with E-state index in [1.807, 2.05) is 19.2 Å². The number of amides is 1. The Bertz CT molecular complexity index is 1160. The Hall–Kier alpha value is -3.13. The number of nitrogens with one attached hydrogen (secondary N) is 2. The summed E-state index contributed by atoms with van der Waals surface area (Å²) in [6.45, 7) is 6.51. The number of imidazole rings is 1. The van der Waals surface area contributed by atoms with Gasteiger partial charge in [0, 0.05) is 49.8 Å². The monoisotopic (exact) mass is 437 g/mol. The standard InChI is InChI=1S/C24H28FN5O2/c1-15-12-29(9-8-26-15)17-6-7-21(20(25)10-17)28-24(31)19-14-30-13-16(2)27-23(30)11-22(19)32-18-4-3-5-18/h6-7,10-11,13-15,18,26H,3-5,8-9,12H2,1-2H3,(H,28,31)/t15-/m0/s1. The Morgan fingerprint density at radius 2 is 2.12 bits per heavy atom. The number of aryl methyl sites for hydroxylation is 1. The second-order valence-corrected chi connectivity index (χ2v) is 8.79. The first kappa shape index (κ1) is 20.8. The minimum Gasteiger partial charge on any atom is -0.489 e. The van der Waals surface area contributed by atoms with Gasteiger partial charge in [-0.1, -0.05) is 0 Å². The molecule has 0 radical (unpaired) electrons. The van der Waals surface area contributed by atoms with Gasteiger partial charge < -0.3 is 24.7 Å². The summed E-state index contributed by atoms with van der Waals surface area (Å²) in [5, 5.41) is 6.11. The predicted octanol–water partition coefficient (Wildman–Crippen LogP) is 3.76. The number of piperazine rings is 1. The number of benzene rings is 1. The first-order chi connectivity index (χ1) is 15.5. The van der Waals surface area contributed by atoms with Gasteiger partial charge in [0.05, 0.1) is 23.0 Å². The van der Waals surface area contributed by atoms with E-state index in [9.17, 15) is 9.18 Å². The zero-order valence-electron chi connectivity index (χ0n) is 18.4. The largest absolute Gasteiger partial charge is 0.489 e. The molecule has 3 heterocycles. The molecule has 1 amide bonds. The second-order valence-electron chi connectivity index (χ2n) is 8.79. The molecule has 1 atom stereocenters. The summed E-state index contributed by atoms with van der Waals surface area (Å²) in [6, 6.07) is 7.10. The maximum absolute atomic E-state index is 14.9. The third kappa shape index (κ3) is 4.14.